The summed E-state index contributed by atoms with van der Waals surface area (Å²) in [7, 11) is -3.09. The van der Waals surface area contributed by atoms with Crippen molar-refractivity contribution in [3.8, 4) is 0 Å². The van der Waals surface area contributed by atoms with E-state index in [-0.39, 0.29) is 40.7 Å². The Hall–Kier alpha value is -1.96. The van der Waals surface area contributed by atoms with Crippen molar-refractivity contribution in [3.63, 3.8) is 0 Å². The zero-order chi connectivity index (χ0) is 16.8. The number of carbonyl (C=O) groups excluding carboxylic acids is 1. The van der Waals surface area contributed by atoms with Crippen LogP contribution in [-0.2, 0) is 9.84 Å². The second-order valence-electron chi connectivity index (χ2n) is 6.26. The molecule has 0 N–H and O–H groups in total. The Bertz CT molecular complexity index is 770. The van der Waals surface area contributed by atoms with Gasteiger partial charge in [-0.25, -0.2) is 8.42 Å². The Balaban J connectivity index is 1.91. The lowest BCUT2D eigenvalue weighted by Crippen LogP contribution is -2.42. The van der Waals surface area contributed by atoms with E-state index in [0.717, 1.165) is 12.8 Å². The first-order chi connectivity index (χ1) is 10.8. The maximum atomic E-state index is 12.8. The van der Waals surface area contributed by atoms with Crippen molar-refractivity contribution < 1.29 is 18.1 Å². The van der Waals surface area contributed by atoms with Crippen LogP contribution in [-0.4, -0.2) is 47.7 Å². The summed E-state index contributed by atoms with van der Waals surface area (Å²) in [6.45, 7) is 1.62. The number of benzene rings is 1. The van der Waals surface area contributed by atoms with Gasteiger partial charge in [0.1, 0.15) is 0 Å². The van der Waals surface area contributed by atoms with E-state index in [1.54, 1.807) is 24.0 Å². The van der Waals surface area contributed by atoms with Crippen LogP contribution in [0.4, 0.5) is 5.69 Å². The van der Waals surface area contributed by atoms with E-state index in [4.69, 9.17) is 0 Å². The fourth-order valence-electron chi connectivity index (χ4n) is 3.07. The quantitative estimate of drug-likeness (QED) is 0.615. The molecular weight excluding hydrogens is 320 g/mol. The molecule has 1 aromatic rings. The number of nitrogens with zero attached hydrogens (tertiary/aromatic N) is 2. The Morgan fingerprint density at radius 3 is 2.48 bits per heavy atom. The summed E-state index contributed by atoms with van der Waals surface area (Å²) < 4.78 is 23.4. The molecule has 1 aliphatic heterocycles. The highest BCUT2D eigenvalue weighted by atomic mass is 32.2. The summed E-state index contributed by atoms with van der Waals surface area (Å²) in [6, 6.07) is 4.16. The molecule has 0 bridgehead atoms. The van der Waals surface area contributed by atoms with Crippen molar-refractivity contribution in [3.05, 3.63) is 39.4 Å². The van der Waals surface area contributed by atoms with Gasteiger partial charge in [0.25, 0.3) is 11.6 Å². The van der Waals surface area contributed by atoms with Crippen LogP contribution in [0, 0.1) is 17.0 Å². The van der Waals surface area contributed by atoms with Crippen molar-refractivity contribution in [2.45, 2.75) is 38.3 Å². The Morgan fingerprint density at radius 1 is 1.26 bits per heavy atom. The van der Waals surface area contributed by atoms with Crippen molar-refractivity contribution in [2.75, 3.05) is 11.5 Å². The number of aryl methyl sites for hydroxylation is 1. The average Bonchev–Trinajstić information content (AvgIpc) is 3.23. The molecule has 3 rings (SSSR count). The lowest BCUT2D eigenvalue weighted by molar-refractivity contribution is -0.385. The van der Waals surface area contributed by atoms with Crippen LogP contribution in [0.1, 0.15) is 35.2 Å². The van der Waals surface area contributed by atoms with Gasteiger partial charge in [-0.3, -0.25) is 14.9 Å². The van der Waals surface area contributed by atoms with E-state index in [9.17, 15) is 23.3 Å². The van der Waals surface area contributed by atoms with Crippen molar-refractivity contribution in [1.29, 1.82) is 0 Å². The summed E-state index contributed by atoms with van der Waals surface area (Å²) in [5, 5.41) is 11.1. The minimum absolute atomic E-state index is 0.0107. The fourth-order valence-corrected chi connectivity index (χ4v) is 4.78. The van der Waals surface area contributed by atoms with Crippen LogP contribution in [0.5, 0.6) is 0 Å². The smallest absolute Gasteiger partial charge is 0.273 e. The molecule has 1 aliphatic carbocycles. The monoisotopic (exact) mass is 338 g/mol. The molecule has 23 heavy (non-hydrogen) atoms. The minimum Gasteiger partial charge on any atom is -0.332 e. The SMILES string of the molecule is Cc1ccc(C(=O)N(C2CC2)C2CCS(=O)(=O)C2)cc1[N+](=O)[O-]. The van der Waals surface area contributed by atoms with Gasteiger partial charge in [0.15, 0.2) is 9.84 Å². The van der Waals surface area contributed by atoms with Gasteiger partial charge in [0.2, 0.25) is 0 Å². The third kappa shape index (κ3) is 3.21. The molecule has 1 amide bonds. The van der Waals surface area contributed by atoms with Crippen LogP contribution in [0.3, 0.4) is 0 Å². The molecule has 0 aromatic heterocycles. The lowest BCUT2D eigenvalue weighted by atomic mass is 10.1. The first kappa shape index (κ1) is 15.9. The van der Waals surface area contributed by atoms with Gasteiger partial charge in [-0.1, -0.05) is 6.07 Å². The van der Waals surface area contributed by atoms with E-state index in [0.29, 0.717) is 12.0 Å². The maximum Gasteiger partial charge on any atom is 0.273 e. The summed E-state index contributed by atoms with van der Waals surface area (Å²) in [4.78, 5) is 25.0. The second-order valence-corrected chi connectivity index (χ2v) is 8.49. The van der Waals surface area contributed by atoms with E-state index in [1.165, 1.54) is 6.07 Å². The molecule has 2 fully saturated rings. The summed E-state index contributed by atoms with van der Waals surface area (Å²) in [5.41, 5.74) is 0.650. The van der Waals surface area contributed by atoms with Gasteiger partial charge in [-0.15, -0.1) is 0 Å². The molecular formula is C15H18N2O5S. The molecule has 8 heteroatoms. The maximum absolute atomic E-state index is 12.8. The average molecular weight is 338 g/mol. The molecule has 1 aromatic carbocycles. The number of carbonyl (C=O) groups is 1. The van der Waals surface area contributed by atoms with E-state index < -0.39 is 14.8 Å². The van der Waals surface area contributed by atoms with Gasteiger partial charge in [-0.2, -0.15) is 0 Å². The van der Waals surface area contributed by atoms with Gasteiger partial charge >= 0.3 is 0 Å². The molecule has 7 nitrogen and oxygen atoms in total. The highest BCUT2D eigenvalue weighted by Crippen LogP contribution is 2.34. The highest BCUT2D eigenvalue weighted by molar-refractivity contribution is 7.91. The molecule has 1 unspecified atom stereocenters. The highest BCUT2D eigenvalue weighted by Gasteiger charge is 2.42. The zero-order valence-corrected chi connectivity index (χ0v) is 13.6. The van der Waals surface area contributed by atoms with Gasteiger partial charge < -0.3 is 4.90 Å². The minimum atomic E-state index is -3.09. The number of nitro groups is 1. The van der Waals surface area contributed by atoms with Crippen molar-refractivity contribution in [2.24, 2.45) is 0 Å². The normalized spacial score (nSPS) is 22.7. The number of amides is 1. The third-order valence-electron chi connectivity index (χ3n) is 4.43. The Labute approximate surface area is 134 Å². The second kappa shape index (κ2) is 5.59. The molecule has 1 saturated heterocycles. The lowest BCUT2D eigenvalue weighted by Gasteiger charge is -2.28. The number of nitro benzene ring substituents is 1. The van der Waals surface area contributed by atoms with E-state index in [2.05, 4.69) is 0 Å². The number of hydrogen-bond donors (Lipinski definition) is 0. The molecule has 2 aliphatic rings. The standard InChI is InChI=1S/C15H18N2O5S/c1-10-2-3-11(8-14(10)17(19)20)15(18)16(12-4-5-12)13-6-7-23(21,22)9-13/h2-3,8,12-13H,4-7,9H2,1H3. The molecule has 0 spiro atoms. The van der Waals surface area contributed by atoms with Crippen molar-refractivity contribution >= 4 is 21.4 Å². The number of rotatable bonds is 4. The summed E-state index contributed by atoms with van der Waals surface area (Å²) in [5.74, 6) is -0.219. The van der Waals surface area contributed by atoms with Gasteiger partial charge in [0.05, 0.1) is 16.4 Å². The van der Waals surface area contributed by atoms with Gasteiger partial charge in [-0.05, 0) is 32.3 Å². The Kier molecular flexibility index (Phi) is 3.87. The zero-order valence-electron chi connectivity index (χ0n) is 12.8. The summed E-state index contributed by atoms with van der Waals surface area (Å²) in [6.07, 6.45) is 2.16. The van der Waals surface area contributed by atoms with Crippen LogP contribution in [0.15, 0.2) is 18.2 Å². The molecule has 124 valence electrons. The largest absolute Gasteiger partial charge is 0.332 e. The Morgan fingerprint density at radius 2 is 1.96 bits per heavy atom. The van der Waals surface area contributed by atoms with Crippen LogP contribution in [0.2, 0.25) is 0 Å². The van der Waals surface area contributed by atoms with Gasteiger partial charge in [0, 0.05) is 29.3 Å². The predicted molar refractivity (Wildman–Crippen MR) is 84.1 cm³/mol. The molecule has 1 atom stereocenters. The topological polar surface area (TPSA) is 97.6 Å². The third-order valence-corrected chi connectivity index (χ3v) is 6.18. The first-order valence-corrected chi connectivity index (χ1v) is 9.39. The van der Waals surface area contributed by atoms with Crippen molar-refractivity contribution in [1.82, 2.24) is 4.90 Å². The van der Waals surface area contributed by atoms with E-state index in [1.807, 2.05) is 0 Å². The van der Waals surface area contributed by atoms with E-state index >= 15 is 0 Å². The van der Waals surface area contributed by atoms with Crippen LogP contribution < -0.4 is 0 Å². The fraction of sp³-hybridized carbons (Fsp3) is 0.533. The summed E-state index contributed by atoms with van der Waals surface area (Å²) >= 11 is 0. The molecule has 1 saturated carbocycles. The number of sulfone groups is 1. The molecule has 1 heterocycles. The molecule has 0 radical (unpaired) electrons. The first-order valence-electron chi connectivity index (χ1n) is 7.56. The number of hydrogen-bond acceptors (Lipinski definition) is 5. The van der Waals surface area contributed by atoms with Crippen LogP contribution in [0.25, 0.3) is 0 Å². The van der Waals surface area contributed by atoms with Crippen LogP contribution >= 0.6 is 0 Å². The predicted octanol–water partition coefficient (Wildman–Crippen LogP) is 1.69.